The third kappa shape index (κ3) is 5.19. The van der Waals surface area contributed by atoms with Gasteiger partial charge in [0.1, 0.15) is 5.75 Å². The summed E-state index contributed by atoms with van der Waals surface area (Å²) in [5, 5.41) is 2.85. The summed E-state index contributed by atoms with van der Waals surface area (Å²) in [5.41, 5.74) is 3.94. The molecule has 6 nitrogen and oxygen atoms in total. The minimum atomic E-state index is -0.269. The van der Waals surface area contributed by atoms with Crippen LogP contribution in [0.3, 0.4) is 0 Å². The van der Waals surface area contributed by atoms with Crippen molar-refractivity contribution in [3.05, 3.63) is 58.7 Å². The number of ketones is 1. The lowest BCUT2D eigenvalue weighted by Crippen LogP contribution is -2.36. The Morgan fingerprint density at radius 3 is 2.46 bits per heavy atom. The summed E-state index contributed by atoms with van der Waals surface area (Å²) in [5.74, 6) is -0.0617. The van der Waals surface area contributed by atoms with Crippen molar-refractivity contribution < 1.29 is 19.1 Å². The van der Waals surface area contributed by atoms with Crippen LogP contribution in [0.2, 0.25) is 0 Å². The zero-order valence-electron chi connectivity index (χ0n) is 17.0. The van der Waals surface area contributed by atoms with Gasteiger partial charge in [-0.25, -0.2) is 0 Å². The van der Waals surface area contributed by atoms with Crippen molar-refractivity contribution in [2.24, 2.45) is 0 Å². The van der Waals surface area contributed by atoms with Crippen LogP contribution >= 0.6 is 0 Å². The molecule has 148 valence electrons. The molecular weight excluding hydrogens is 356 g/mol. The number of benzene rings is 2. The van der Waals surface area contributed by atoms with E-state index in [9.17, 15) is 14.4 Å². The summed E-state index contributed by atoms with van der Waals surface area (Å²) in [6, 6.07) is 10.7. The Morgan fingerprint density at radius 2 is 1.82 bits per heavy atom. The van der Waals surface area contributed by atoms with Crippen LogP contribution in [0.15, 0.2) is 36.4 Å². The van der Waals surface area contributed by atoms with E-state index >= 15 is 0 Å². The molecule has 0 saturated heterocycles. The second-order valence-electron chi connectivity index (χ2n) is 6.81. The average Bonchev–Trinajstić information content (AvgIpc) is 2.65. The topological polar surface area (TPSA) is 75.7 Å². The molecule has 0 unspecified atom stereocenters. The van der Waals surface area contributed by atoms with Crippen molar-refractivity contribution in [3.8, 4) is 5.75 Å². The SMILES string of the molecule is COc1ccc(C(C)=O)cc1CC(=O)N(C)CC(=O)Nc1cccc(C)c1C. The van der Waals surface area contributed by atoms with E-state index in [4.69, 9.17) is 4.74 Å². The zero-order valence-corrected chi connectivity index (χ0v) is 17.0. The minimum absolute atomic E-state index is 0.0392. The highest BCUT2D eigenvalue weighted by molar-refractivity contribution is 5.96. The fourth-order valence-corrected chi connectivity index (χ4v) is 2.81. The molecule has 0 atom stereocenters. The van der Waals surface area contributed by atoms with Crippen molar-refractivity contribution in [2.45, 2.75) is 27.2 Å². The minimum Gasteiger partial charge on any atom is -0.496 e. The normalized spacial score (nSPS) is 10.3. The lowest BCUT2D eigenvalue weighted by molar-refractivity contribution is -0.132. The second-order valence-corrected chi connectivity index (χ2v) is 6.81. The molecule has 2 aromatic carbocycles. The number of anilines is 1. The molecule has 0 heterocycles. The number of ether oxygens (including phenoxy) is 1. The Kier molecular flexibility index (Phi) is 6.93. The highest BCUT2D eigenvalue weighted by Gasteiger charge is 2.17. The highest BCUT2D eigenvalue weighted by atomic mass is 16.5. The maximum atomic E-state index is 12.6. The predicted octanol–water partition coefficient (Wildman–Crippen LogP) is 3.15. The third-order valence-electron chi connectivity index (χ3n) is 4.71. The molecule has 2 amide bonds. The van der Waals surface area contributed by atoms with E-state index in [0.29, 0.717) is 16.9 Å². The maximum Gasteiger partial charge on any atom is 0.243 e. The Balaban J connectivity index is 2.04. The number of nitrogens with one attached hydrogen (secondary N) is 1. The molecule has 2 aromatic rings. The van der Waals surface area contributed by atoms with Crippen LogP contribution in [0, 0.1) is 13.8 Å². The van der Waals surface area contributed by atoms with E-state index in [1.165, 1.54) is 18.9 Å². The smallest absolute Gasteiger partial charge is 0.243 e. The lowest BCUT2D eigenvalue weighted by Gasteiger charge is -2.18. The maximum absolute atomic E-state index is 12.6. The molecule has 0 spiro atoms. The van der Waals surface area contributed by atoms with Gasteiger partial charge in [-0.15, -0.1) is 0 Å². The van der Waals surface area contributed by atoms with Crippen LogP contribution in [0.5, 0.6) is 5.75 Å². The van der Waals surface area contributed by atoms with Gasteiger partial charge in [-0.1, -0.05) is 12.1 Å². The molecule has 0 radical (unpaired) electrons. The molecule has 2 rings (SSSR count). The summed E-state index contributed by atoms with van der Waals surface area (Å²) in [7, 11) is 3.09. The first-order valence-electron chi connectivity index (χ1n) is 9.00. The molecule has 28 heavy (non-hydrogen) atoms. The molecule has 0 bridgehead atoms. The second kappa shape index (κ2) is 9.17. The fourth-order valence-electron chi connectivity index (χ4n) is 2.81. The van der Waals surface area contributed by atoms with Gasteiger partial charge in [0.15, 0.2) is 5.78 Å². The van der Waals surface area contributed by atoms with Crippen molar-refractivity contribution >= 4 is 23.3 Å². The molecule has 0 aliphatic carbocycles. The summed E-state index contributed by atoms with van der Waals surface area (Å²) < 4.78 is 5.28. The van der Waals surface area contributed by atoms with Crippen LogP contribution in [0.4, 0.5) is 5.69 Å². The number of rotatable bonds is 7. The number of methoxy groups -OCH3 is 1. The number of Topliss-reactive ketones (excluding diaryl/α,β-unsaturated/α-hetero) is 1. The molecular formula is C22H26N2O4. The van der Waals surface area contributed by atoms with Crippen molar-refractivity contribution in [2.75, 3.05) is 26.0 Å². The van der Waals surface area contributed by atoms with Crippen LogP contribution in [-0.4, -0.2) is 43.2 Å². The summed E-state index contributed by atoms with van der Waals surface area (Å²) >= 11 is 0. The molecule has 0 aromatic heterocycles. The first-order valence-corrected chi connectivity index (χ1v) is 9.00. The van der Waals surface area contributed by atoms with E-state index < -0.39 is 0 Å². The van der Waals surface area contributed by atoms with Crippen LogP contribution in [0.1, 0.15) is 34.0 Å². The number of hydrogen-bond donors (Lipinski definition) is 1. The largest absolute Gasteiger partial charge is 0.496 e. The Labute approximate surface area is 165 Å². The zero-order chi connectivity index (χ0) is 20.8. The predicted molar refractivity (Wildman–Crippen MR) is 109 cm³/mol. The number of aryl methyl sites for hydroxylation is 1. The van der Waals surface area contributed by atoms with Gasteiger partial charge >= 0.3 is 0 Å². The molecule has 1 N–H and O–H groups in total. The quantitative estimate of drug-likeness (QED) is 0.747. The van der Waals surface area contributed by atoms with Gasteiger partial charge in [0.05, 0.1) is 20.1 Å². The van der Waals surface area contributed by atoms with E-state index in [1.807, 2.05) is 32.0 Å². The first-order chi connectivity index (χ1) is 13.2. The summed E-state index contributed by atoms with van der Waals surface area (Å²) in [4.78, 5) is 37.9. The number of nitrogens with zero attached hydrogens (tertiary/aromatic N) is 1. The van der Waals surface area contributed by atoms with Crippen molar-refractivity contribution in [1.82, 2.24) is 4.90 Å². The Bertz CT molecular complexity index is 905. The van der Waals surface area contributed by atoms with Gasteiger partial charge in [-0.3, -0.25) is 14.4 Å². The van der Waals surface area contributed by atoms with Gasteiger partial charge in [0, 0.05) is 23.9 Å². The Hall–Kier alpha value is -3.15. The number of likely N-dealkylation sites (N-methyl/N-ethyl adjacent to an activating group) is 1. The standard InChI is InChI=1S/C22H26N2O4/c1-14-7-6-8-19(15(14)2)23-21(26)13-24(4)22(27)12-18-11-17(16(3)25)9-10-20(18)28-5/h6-11H,12-13H2,1-5H3,(H,23,26). The molecule has 0 saturated carbocycles. The molecule has 6 heteroatoms. The van der Waals surface area contributed by atoms with Gasteiger partial charge < -0.3 is 15.0 Å². The lowest BCUT2D eigenvalue weighted by atomic mass is 10.0. The number of hydrogen-bond acceptors (Lipinski definition) is 4. The molecule has 0 fully saturated rings. The summed E-state index contributed by atoms with van der Waals surface area (Å²) in [6.45, 7) is 5.31. The highest BCUT2D eigenvalue weighted by Crippen LogP contribution is 2.22. The van der Waals surface area contributed by atoms with E-state index in [0.717, 1.165) is 16.8 Å². The van der Waals surface area contributed by atoms with Gasteiger partial charge in [-0.05, 0) is 56.2 Å². The van der Waals surface area contributed by atoms with Crippen LogP contribution in [0.25, 0.3) is 0 Å². The van der Waals surface area contributed by atoms with E-state index in [2.05, 4.69) is 5.32 Å². The first kappa shape index (κ1) is 21.2. The molecule has 0 aliphatic heterocycles. The number of amides is 2. The molecule has 0 aliphatic rings. The Morgan fingerprint density at radius 1 is 1.11 bits per heavy atom. The van der Waals surface area contributed by atoms with Gasteiger partial charge in [0.2, 0.25) is 11.8 Å². The van der Waals surface area contributed by atoms with Crippen LogP contribution in [-0.2, 0) is 16.0 Å². The summed E-state index contributed by atoms with van der Waals surface area (Å²) in [6.07, 6.45) is 0.0392. The van der Waals surface area contributed by atoms with Gasteiger partial charge in [-0.2, -0.15) is 0 Å². The van der Waals surface area contributed by atoms with Crippen LogP contribution < -0.4 is 10.1 Å². The van der Waals surface area contributed by atoms with E-state index in [1.54, 1.807) is 25.2 Å². The van der Waals surface area contributed by atoms with E-state index in [-0.39, 0.29) is 30.6 Å². The fraction of sp³-hybridized carbons (Fsp3) is 0.318. The third-order valence-corrected chi connectivity index (χ3v) is 4.71. The van der Waals surface area contributed by atoms with Crippen molar-refractivity contribution in [3.63, 3.8) is 0 Å². The van der Waals surface area contributed by atoms with Gasteiger partial charge in [0.25, 0.3) is 0 Å². The average molecular weight is 382 g/mol. The van der Waals surface area contributed by atoms with Crippen molar-refractivity contribution in [1.29, 1.82) is 0 Å². The monoisotopic (exact) mass is 382 g/mol. The number of carbonyl (C=O) groups is 3. The number of carbonyl (C=O) groups excluding carboxylic acids is 3.